The topological polar surface area (TPSA) is 52.4 Å². The Hall–Kier alpha value is -2.46. The highest BCUT2D eigenvalue weighted by atomic mass is 16.6. The Bertz CT molecular complexity index is 707. The summed E-state index contributed by atoms with van der Waals surface area (Å²) < 4.78 is 6.32. The second-order valence-electron chi connectivity index (χ2n) is 5.67. The van der Waals surface area contributed by atoms with Crippen LogP contribution in [0.4, 0.5) is 5.69 Å². The quantitative estimate of drug-likeness (QED) is 0.448. The van der Waals surface area contributed by atoms with Crippen LogP contribution in [0.25, 0.3) is 0 Å². The molecule has 1 saturated heterocycles. The molecule has 3 rings (SSSR count). The Labute approximate surface area is 135 Å². The third-order valence-corrected chi connectivity index (χ3v) is 4.28. The number of nitrogens with zero attached hydrogens (tertiary/aromatic N) is 1. The number of rotatable bonds is 3. The second kappa shape index (κ2) is 6.75. The average Bonchev–Trinajstić information content (AvgIpc) is 2.62. The molecule has 0 spiro atoms. The smallest absolute Gasteiger partial charge is 0.269 e. The van der Waals surface area contributed by atoms with Crippen molar-refractivity contribution >= 4 is 5.69 Å². The number of allylic oxidation sites excluding steroid dienone is 1. The minimum absolute atomic E-state index is 0.0556. The molecule has 1 aliphatic heterocycles. The van der Waals surface area contributed by atoms with Gasteiger partial charge < -0.3 is 4.74 Å². The molecule has 2 aromatic rings. The first kappa shape index (κ1) is 15.4. The number of ether oxygens (including phenoxy) is 1. The van der Waals surface area contributed by atoms with Crippen molar-refractivity contribution in [2.45, 2.75) is 32.0 Å². The van der Waals surface area contributed by atoms with E-state index in [0.717, 1.165) is 18.4 Å². The summed E-state index contributed by atoms with van der Waals surface area (Å²) in [5.41, 5.74) is 3.47. The first-order valence-electron chi connectivity index (χ1n) is 7.79. The maximum Gasteiger partial charge on any atom is 0.269 e. The van der Waals surface area contributed by atoms with Gasteiger partial charge >= 0.3 is 0 Å². The summed E-state index contributed by atoms with van der Waals surface area (Å²) in [6, 6.07) is 16.9. The molecule has 118 valence electrons. The molecule has 23 heavy (non-hydrogen) atoms. The Kier molecular flexibility index (Phi) is 4.53. The van der Waals surface area contributed by atoms with Crippen molar-refractivity contribution in [1.82, 2.24) is 0 Å². The minimum Gasteiger partial charge on any atom is -0.361 e. The van der Waals surface area contributed by atoms with Crippen LogP contribution in [0.1, 0.15) is 43.1 Å². The van der Waals surface area contributed by atoms with Crippen LogP contribution in [-0.2, 0) is 4.74 Å². The molecule has 4 heteroatoms. The first-order valence-corrected chi connectivity index (χ1v) is 7.79. The molecular formula is C19H19NO3. The van der Waals surface area contributed by atoms with Gasteiger partial charge in [0.15, 0.2) is 0 Å². The molecule has 0 aliphatic carbocycles. The van der Waals surface area contributed by atoms with Crippen molar-refractivity contribution < 1.29 is 9.66 Å². The van der Waals surface area contributed by atoms with E-state index in [9.17, 15) is 10.1 Å². The summed E-state index contributed by atoms with van der Waals surface area (Å²) >= 11 is 0. The van der Waals surface area contributed by atoms with Crippen LogP contribution >= 0.6 is 0 Å². The Morgan fingerprint density at radius 1 is 1.09 bits per heavy atom. The van der Waals surface area contributed by atoms with Gasteiger partial charge in [-0.05, 0) is 48.6 Å². The fraction of sp³-hybridized carbons (Fsp3) is 0.263. The summed E-state index contributed by atoms with van der Waals surface area (Å²) in [5.74, 6) is 0. The zero-order valence-corrected chi connectivity index (χ0v) is 13.0. The lowest BCUT2D eigenvalue weighted by molar-refractivity contribution is -0.384. The molecule has 0 amide bonds. The van der Waals surface area contributed by atoms with Gasteiger partial charge in [-0.15, -0.1) is 0 Å². The van der Waals surface area contributed by atoms with Crippen LogP contribution in [-0.4, -0.2) is 4.92 Å². The van der Waals surface area contributed by atoms with E-state index in [1.807, 2.05) is 25.1 Å². The lowest BCUT2D eigenvalue weighted by atomic mass is 9.90. The van der Waals surface area contributed by atoms with Crippen LogP contribution in [0.5, 0.6) is 0 Å². The number of benzene rings is 2. The van der Waals surface area contributed by atoms with Gasteiger partial charge in [0, 0.05) is 12.1 Å². The summed E-state index contributed by atoms with van der Waals surface area (Å²) in [7, 11) is 0. The van der Waals surface area contributed by atoms with Gasteiger partial charge in [-0.1, -0.05) is 36.4 Å². The largest absolute Gasteiger partial charge is 0.361 e. The molecule has 2 atom stereocenters. The predicted octanol–water partition coefficient (Wildman–Crippen LogP) is 5.13. The normalized spacial score (nSPS) is 22.9. The average molecular weight is 309 g/mol. The van der Waals surface area contributed by atoms with Gasteiger partial charge in [-0.3, -0.25) is 10.1 Å². The van der Waals surface area contributed by atoms with Crippen LogP contribution in [0, 0.1) is 10.1 Å². The van der Waals surface area contributed by atoms with Gasteiger partial charge in [0.05, 0.1) is 11.0 Å². The van der Waals surface area contributed by atoms with Gasteiger partial charge in [0.1, 0.15) is 6.10 Å². The maximum atomic E-state index is 10.8. The summed E-state index contributed by atoms with van der Waals surface area (Å²) in [5, 5.41) is 10.8. The molecule has 0 radical (unpaired) electrons. The lowest BCUT2D eigenvalue weighted by Gasteiger charge is -2.33. The summed E-state index contributed by atoms with van der Waals surface area (Å²) in [6.07, 6.45) is 3.93. The van der Waals surface area contributed by atoms with Crippen molar-refractivity contribution in [3.05, 3.63) is 87.5 Å². The Morgan fingerprint density at radius 3 is 2.39 bits per heavy atom. The number of nitro groups is 1. The number of non-ortho nitro benzene ring substituents is 1. The summed E-state index contributed by atoms with van der Waals surface area (Å²) in [6.45, 7) is 2.01. The fourth-order valence-electron chi connectivity index (χ4n) is 3.02. The third-order valence-electron chi connectivity index (χ3n) is 4.28. The molecule has 0 bridgehead atoms. The minimum atomic E-state index is -0.380. The third kappa shape index (κ3) is 3.32. The van der Waals surface area contributed by atoms with E-state index in [1.54, 1.807) is 12.1 Å². The second-order valence-corrected chi connectivity index (χ2v) is 5.67. The van der Waals surface area contributed by atoms with Crippen molar-refractivity contribution in [2.75, 3.05) is 0 Å². The van der Waals surface area contributed by atoms with Crippen LogP contribution < -0.4 is 0 Å². The van der Waals surface area contributed by atoms with Crippen molar-refractivity contribution in [2.24, 2.45) is 0 Å². The van der Waals surface area contributed by atoms with Crippen LogP contribution in [0.2, 0.25) is 0 Å². The highest BCUT2D eigenvalue weighted by Crippen LogP contribution is 2.42. The number of hydrogen-bond acceptors (Lipinski definition) is 3. The summed E-state index contributed by atoms with van der Waals surface area (Å²) in [4.78, 5) is 10.4. The van der Waals surface area contributed by atoms with Crippen LogP contribution in [0.3, 0.4) is 0 Å². The molecule has 1 aliphatic rings. The van der Waals surface area contributed by atoms with E-state index < -0.39 is 0 Å². The Morgan fingerprint density at radius 2 is 1.78 bits per heavy atom. The molecule has 0 saturated carbocycles. The molecule has 1 heterocycles. The van der Waals surface area contributed by atoms with Gasteiger partial charge in [-0.25, -0.2) is 0 Å². The predicted molar refractivity (Wildman–Crippen MR) is 89.1 cm³/mol. The fourth-order valence-corrected chi connectivity index (χ4v) is 3.02. The van der Waals surface area contributed by atoms with E-state index in [4.69, 9.17) is 4.74 Å². The lowest BCUT2D eigenvalue weighted by Crippen LogP contribution is -2.18. The van der Waals surface area contributed by atoms with Crippen molar-refractivity contribution in [3.8, 4) is 0 Å². The van der Waals surface area contributed by atoms with Gasteiger partial charge in [0.2, 0.25) is 0 Å². The number of nitro benzene ring substituents is 1. The molecule has 0 aromatic heterocycles. The highest BCUT2D eigenvalue weighted by Gasteiger charge is 2.28. The zero-order valence-electron chi connectivity index (χ0n) is 13.0. The van der Waals surface area contributed by atoms with E-state index in [-0.39, 0.29) is 22.8 Å². The molecule has 2 aromatic carbocycles. The van der Waals surface area contributed by atoms with Crippen molar-refractivity contribution in [1.29, 1.82) is 0 Å². The Balaban J connectivity index is 1.86. The zero-order chi connectivity index (χ0) is 16.2. The van der Waals surface area contributed by atoms with E-state index in [2.05, 4.69) is 18.2 Å². The number of hydrogen-bond donors (Lipinski definition) is 0. The monoisotopic (exact) mass is 309 g/mol. The maximum absolute atomic E-state index is 10.8. The highest BCUT2D eigenvalue weighted by molar-refractivity contribution is 5.37. The van der Waals surface area contributed by atoms with E-state index >= 15 is 0 Å². The molecule has 4 nitrogen and oxygen atoms in total. The van der Waals surface area contributed by atoms with Gasteiger partial charge in [0.25, 0.3) is 5.69 Å². The van der Waals surface area contributed by atoms with Crippen LogP contribution in [0.15, 0.2) is 66.2 Å². The van der Waals surface area contributed by atoms with E-state index in [0.29, 0.717) is 0 Å². The SMILES string of the molecule is C/C=C1\CCC(c2ccccc2)OC1c1ccc([N+](=O)[O-])cc1. The van der Waals surface area contributed by atoms with Crippen molar-refractivity contribution in [3.63, 3.8) is 0 Å². The molecule has 1 fully saturated rings. The first-order chi connectivity index (χ1) is 11.2. The van der Waals surface area contributed by atoms with E-state index in [1.165, 1.54) is 23.3 Å². The molecular weight excluding hydrogens is 290 g/mol. The standard InChI is InChI=1S/C19H19NO3/c1-2-14-10-13-18(15-6-4-3-5-7-15)23-19(14)16-8-11-17(12-9-16)20(21)22/h2-9,11-12,18-19H,10,13H2,1H3/b14-2+. The molecule has 0 N–H and O–H groups in total. The van der Waals surface area contributed by atoms with Gasteiger partial charge in [-0.2, -0.15) is 0 Å². The molecule has 2 unspecified atom stereocenters.